The summed E-state index contributed by atoms with van der Waals surface area (Å²) in [7, 11) is 0. The van der Waals surface area contributed by atoms with Gasteiger partial charge in [0, 0.05) is 10.2 Å². The van der Waals surface area contributed by atoms with Crippen molar-refractivity contribution in [1.82, 2.24) is 0 Å². The van der Waals surface area contributed by atoms with Crippen LogP contribution in [0.3, 0.4) is 0 Å². The fourth-order valence-corrected chi connectivity index (χ4v) is 5.33. The van der Waals surface area contributed by atoms with Crippen LogP contribution in [0, 0.1) is 18.8 Å². The van der Waals surface area contributed by atoms with Crippen LogP contribution in [-0.4, -0.2) is 41.1 Å². The van der Waals surface area contributed by atoms with Crippen LogP contribution in [0.25, 0.3) is 0 Å². The van der Waals surface area contributed by atoms with Gasteiger partial charge in [-0.3, -0.25) is 19.3 Å². The summed E-state index contributed by atoms with van der Waals surface area (Å²) < 4.78 is 5.99. The Morgan fingerprint density at radius 2 is 1.62 bits per heavy atom. The number of esters is 1. The molecule has 1 N–H and O–H groups in total. The third-order valence-corrected chi connectivity index (χ3v) is 7.66. The lowest BCUT2D eigenvalue weighted by Crippen LogP contribution is -2.34. The third-order valence-electron chi connectivity index (χ3n) is 6.07. The molecule has 1 heterocycles. The van der Waals surface area contributed by atoms with E-state index >= 15 is 0 Å². The molecule has 0 aromatic heterocycles. The average molecular weight is 568 g/mol. The van der Waals surface area contributed by atoms with Gasteiger partial charge >= 0.3 is 5.97 Å². The Morgan fingerprint density at radius 3 is 2.18 bits per heavy atom. The second kappa shape index (κ2) is 10.1. The Kier molecular flexibility index (Phi) is 7.31. The summed E-state index contributed by atoms with van der Waals surface area (Å²) in [4.78, 5) is 51.4. The number of ether oxygens (including phenoxy) is 1. The first-order valence-corrected chi connectivity index (χ1v) is 12.3. The molecule has 2 fully saturated rings. The number of imide groups is 1. The number of alkyl halides is 2. The van der Waals surface area contributed by atoms with Gasteiger partial charge in [0.2, 0.25) is 11.8 Å². The lowest BCUT2D eigenvalue weighted by Gasteiger charge is -2.28. The van der Waals surface area contributed by atoms with E-state index in [0.29, 0.717) is 24.2 Å². The summed E-state index contributed by atoms with van der Waals surface area (Å²) in [6.07, 6.45) is 0.710. The molecule has 2 aliphatic rings. The number of nitrogens with one attached hydrogen (secondary N) is 1. The molecule has 4 rings (SSSR count). The molecule has 2 aromatic carbocycles. The Labute approximate surface area is 214 Å². The minimum absolute atomic E-state index is 0.189. The Morgan fingerprint density at radius 1 is 1.03 bits per heavy atom. The molecule has 1 aliphatic heterocycles. The number of benzene rings is 2. The van der Waals surface area contributed by atoms with Crippen LogP contribution in [0.5, 0.6) is 0 Å². The lowest BCUT2D eigenvalue weighted by molar-refractivity contribution is -0.122. The summed E-state index contributed by atoms with van der Waals surface area (Å²) in [5.74, 6) is -2.75. The van der Waals surface area contributed by atoms with E-state index in [9.17, 15) is 19.2 Å². The Hall–Kier alpha value is -2.42. The van der Waals surface area contributed by atoms with Gasteiger partial charge in [0.25, 0.3) is 5.91 Å². The van der Waals surface area contributed by atoms with Gasteiger partial charge in [-0.25, -0.2) is 4.79 Å². The highest BCUT2D eigenvalue weighted by Crippen LogP contribution is 2.43. The number of hydrogen-bond donors (Lipinski definition) is 1. The molecule has 1 saturated heterocycles. The largest absolute Gasteiger partial charge is 0.452 e. The summed E-state index contributed by atoms with van der Waals surface area (Å²) >= 11 is 15.8. The molecular formula is C24H21BrCl2N2O5. The minimum atomic E-state index is -0.697. The van der Waals surface area contributed by atoms with Crippen molar-refractivity contribution < 1.29 is 23.9 Å². The summed E-state index contributed by atoms with van der Waals surface area (Å²) in [6.45, 7) is 1.39. The average Bonchev–Trinajstić information content (AvgIpc) is 3.04. The first-order valence-electron chi connectivity index (χ1n) is 10.6. The van der Waals surface area contributed by atoms with Crippen LogP contribution in [0.1, 0.15) is 28.8 Å². The Balaban J connectivity index is 1.37. The number of carbonyl (C=O) groups excluding carboxylic acids is 4. The molecule has 10 heteroatoms. The number of carbonyl (C=O) groups is 4. The van der Waals surface area contributed by atoms with E-state index in [1.807, 2.05) is 13.0 Å². The number of hydrogen-bond acceptors (Lipinski definition) is 5. The van der Waals surface area contributed by atoms with Gasteiger partial charge in [-0.2, -0.15) is 0 Å². The SMILES string of the molecule is Cc1cc(Br)ccc1NC(=O)COC(=O)c1ccc(N2C(=O)[C@@H]3C[C@H](Cl)[C@@H](Cl)C[C@H]3C2=O)cc1. The van der Waals surface area contributed by atoms with Crippen molar-refractivity contribution >= 4 is 74.2 Å². The zero-order valence-corrected chi connectivity index (χ0v) is 21.2. The first-order chi connectivity index (χ1) is 16.2. The second-order valence-corrected chi connectivity index (χ2v) is 10.4. The van der Waals surface area contributed by atoms with Crippen molar-refractivity contribution in [2.24, 2.45) is 11.8 Å². The van der Waals surface area contributed by atoms with Crippen LogP contribution in [0.15, 0.2) is 46.9 Å². The fourth-order valence-electron chi connectivity index (χ4n) is 4.26. The highest BCUT2D eigenvalue weighted by molar-refractivity contribution is 9.10. The molecule has 4 atom stereocenters. The number of aryl methyl sites for hydroxylation is 1. The van der Waals surface area contributed by atoms with E-state index < -0.39 is 30.3 Å². The molecule has 34 heavy (non-hydrogen) atoms. The fraction of sp³-hybridized carbons (Fsp3) is 0.333. The lowest BCUT2D eigenvalue weighted by atomic mass is 9.80. The maximum absolute atomic E-state index is 12.9. The maximum Gasteiger partial charge on any atom is 0.338 e. The van der Waals surface area contributed by atoms with Crippen molar-refractivity contribution in [3.63, 3.8) is 0 Å². The zero-order valence-electron chi connectivity index (χ0n) is 18.1. The van der Waals surface area contributed by atoms with Crippen molar-refractivity contribution in [3.8, 4) is 0 Å². The van der Waals surface area contributed by atoms with Crippen LogP contribution in [0.2, 0.25) is 0 Å². The van der Waals surface area contributed by atoms with Crippen molar-refractivity contribution in [2.45, 2.75) is 30.5 Å². The van der Waals surface area contributed by atoms with E-state index in [-0.39, 0.29) is 28.1 Å². The smallest absolute Gasteiger partial charge is 0.338 e. The molecule has 7 nitrogen and oxygen atoms in total. The van der Waals surface area contributed by atoms with Gasteiger partial charge in [-0.15, -0.1) is 23.2 Å². The molecule has 3 amide bonds. The summed E-state index contributed by atoms with van der Waals surface area (Å²) in [5.41, 5.74) is 2.03. The van der Waals surface area contributed by atoms with E-state index in [4.69, 9.17) is 27.9 Å². The zero-order chi connectivity index (χ0) is 24.6. The first kappa shape index (κ1) is 24.7. The minimum Gasteiger partial charge on any atom is -0.452 e. The standard InChI is InChI=1S/C24H21BrCl2N2O5/c1-12-8-14(25)4-7-20(12)28-21(30)11-34-24(33)13-2-5-15(6-3-13)29-22(31)16-9-18(26)19(27)10-17(16)23(29)32/h2-8,16-19H,9-11H2,1H3,(H,28,30)/t16-,17-,18+,19+/m1/s1. The molecule has 0 spiro atoms. The van der Waals surface area contributed by atoms with Crippen molar-refractivity contribution in [2.75, 3.05) is 16.8 Å². The van der Waals surface area contributed by atoms with Crippen molar-refractivity contribution in [3.05, 3.63) is 58.1 Å². The topological polar surface area (TPSA) is 92.8 Å². The Bertz CT molecular complexity index is 1130. The van der Waals surface area contributed by atoms with Gasteiger partial charge in [-0.1, -0.05) is 15.9 Å². The van der Waals surface area contributed by atoms with Gasteiger partial charge < -0.3 is 10.1 Å². The highest BCUT2D eigenvalue weighted by Gasteiger charge is 2.52. The van der Waals surface area contributed by atoms with Crippen LogP contribution >= 0.6 is 39.1 Å². The number of anilines is 2. The van der Waals surface area contributed by atoms with Gasteiger partial charge in [-0.05, 0) is 67.8 Å². The molecule has 0 unspecified atom stereocenters. The third kappa shape index (κ3) is 4.99. The molecular weight excluding hydrogens is 547 g/mol. The van der Waals surface area contributed by atoms with E-state index in [2.05, 4.69) is 21.2 Å². The highest BCUT2D eigenvalue weighted by atomic mass is 79.9. The predicted molar refractivity (Wildman–Crippen MR) is 132 cm³/mol. The van der Waals surface area contributed by atoms with Crippen LogP contribution in [-0.2, 0) is 19.1 Å². The summed E-state index contributed by atoms with van der Waals surface area (Å²) in [6, 6.07) is 11.3. The molecule has 1 saturated carbocycles. The van der Waals surface area contributed by atoms with Gasteiger partial charge in [0.05, 0.1) is 33.8 Å². The van der Waals surface area contributed by atoms with Crippen molar-refractivity contribution in [1.29, 1.82) is 0 Å². The number of fused-ring (bicyclic) bond motifs is 1. The second-order valence-electron chi connectivity index (χ2n) is 8.36. The van der Waals surface area contributed by atoms with Crippen LogP contribution < -0.4 is 10.2 Å². The van der Waals surface area contributed by atoms with E-state index in [0.717, 1.165) is 14.9 Å². The number of nitrogens with zero attached hydrogens (tertiary/aromatic N) is 1. The van der Waals surface area contributed by atoms with Gasteiger partial charge in [0.15, 0.2) is 6.61 Å². The quantitative estimate of drug-likeness (QED) is 0.322. The number of halogens is 3. The van der Waals surface area contributed by atoms with Crippen LogP contribution in [0.4, 0.5) is 11.4 Å². The monoisotopic (exact) mass is 566 g/mol. The maximum atomic E-state index is 12.9. The molecule has 2 aromatic rings. The molecule has 178 valence electrons. The predicted octanol–water partition coefficient (Wildman–Crippen LogP) is 4.67. The summed E-state index contributed by atoms with van der Waals surface area (Å²) in [5, 5.41) is 1.97. The molecule has 0 radical (unpaired) electrons. The van der Waals surface area contributed by atoms with Gasteiger partial charge in [0.1, 0.15) is 0 Å². The number of rotatable bonds is 5. The van der Waals surface area contributed by atoms with E-state index in [1.54, 1.807) is 12.1 Å². The number of amides is 3. The van der Waals surface area contributed by atoms with E-state index in [1.165, 1.54) is 24.3 Å². The normalized spacial score (nSPS) is 24.1. The molecule has 0 bridgehead atoms. The molecule has 1 aliphatic carbocycles.